The third kappa shape index (κ3) is 8.46. The molecule has 0 aromatic heterocycles. The van der Waals surface area contributed by atoms with E-state index < -0.39 is 0 Å². The maximum absolute atomic E-state index is 4.49. The predicted molar refractivity (Wildman–Crippen MR) is 168 cm³/mol. The fraction of sp³-hybridized carbons (Fsp3) is 0.676. The van der Waals surface area contributed by atoms with Crippen molar-refractivity contribution in [2.45, 2.75) is 144 Å². The van der Waals surface area contributed by atoms with Crippen LogP contribution in [-0.2, 0) is 10.8 Å². The van der Waals surface area contributed by atoms with Gasteiger partial charge >= 0.3 is 0 Å². The van der Waals surface area contributed by atoms with Crippen molar-refractivity contribution in [3.05, 3.63) is 65.3 Å². The van der Waals surface area contributed by atoms with E-state index in [1.165, 1.54) is 74.5 Å². The fourth-order valence-electron chi connectivity index (χ4n) is 6.15. The Morgan fingerprint density at radius 2 is 1.54 bits per heavy atom. The van der Waals surface area contributed by atoms with Crippen LogP contribution in [0.1, 0.15) is 150 Å². The van der Waals surface area contributed by atoms with Crippen LogP contribution in [-0.4, -0.2) is 0 Å². The molecule has 0 nitrogen and oxygen atoms in total. The van der Waals surface area contributed by atoms with Crippen molar-refractivity contribution in [1.29, 1.82) is 0 Å². The van der Waals surface area contributed by atoms with E-state index in [1.54, 1.807) is 11.1 Å². The van der Waals surface area contributed by atoms with Crippen LogP contribution in [0.25, 0.3) is 5.57 Å². The summed E-state index contributed by atoms with van der Waals surface area (Å²) in [6.45, 7) is 27.8. The Hall–Kier alpha value is -1.56. The summed E-state index contributed by atoms with van der Waals surface area (Å²) < 4.78 is 0. The van der Waals surface area contributed by atoms with Crippen molar-refractivity contribution in [2.24, 2.45) is 17.3 Å². The van der Waals surface area contributed by atoms with E-state index in [2.05, 4.69) is 112 Å². The molecule has 1 saturated carbocycles. The molecule has 1 aromatic carbocycles. The highest BCUT2D eigenvalue weighted by Gasteiger charge is 2.37. The molecular weight excluding hydrogens is 444 g/mol. The van der Waals surface area contributed by atoms with Gasteiger partial charge < -0.3 is 0 Å². The number of benzene rings is 1. The zero-order valence-electron chi connectivity index (χ0n) is 26.4. The smallest absolute Gasteiger partial charge is 0.00456 e. The average Bonchev–Trinajstić information content (AvgIpc) is 2.90. The van der Waals surface area contributed by atoms with Crippen LogP contribution < -0.4 is 0 Å². The Morgan fingerprint density at radius 1 is 0.973 bits per heavy atom. The second-order valence-corrected chi connectivity index (χ2v) is 13.7. The molecule has 0 heterocycles. The molecule has 208 valence electrons. The van der Waals surface area contributed by atoms with Gasteiger partial charge in [-0.1, -0.05) is 130 Å². The van der Waals surface area contributed by atoms with Crippen LogP contribution in [0.15, 0.2) is 48.6 Å². The topological polar surface area (TPSA) is 0 Å². The molecule has 0 aliphatic heterocycles. The molecule has 0 bridgehead atoms. The second-order valence-electron chi connectivity index (χ2n) is 13.7. The maximum Gasteiger partial charge on any atom is -0.00456 e. The fourth-order valence-corrected chi connectivity index (χ4v) is 6.15. The van der Waals surface area contributed by atoms with Gasteiger partial charge in [0, 0.05) is 0 Å². The lowest BCUT2D eigenvalue weighted by molar-refractivity contribution is 0.332. The second kappa shape index (κ2) is 13.5. The minimum atomic E-state index is 0.276. The Morgan fingerprint density at radius 3 is 2.08 bits per heavy atom. The number of allylic oxidation sites excluding steroid dienone is 5. The molecule has 0 amide bonds. The molecule has 0 N–H and O–H groups in total. The quantitative estimate of drug-likeness (QED) is 0.309. The van der Waals surface area contributed by atoms with Crippen LogP contribution in [0.2, 0.25) is 0 Å². The highest BCUT2D eigenvalue weighted by molar-refractivity contribution is 5.66. The van der Waals surface area contributed by atoms with Crippen molar-refractivity contribution in [1.82, 2.24) is 0 Å². The lowest BCUT2D eigenvalue weighted by atomic mass is 9.63. The summed E-state index contributed by atoms with van der Waals surface area (Å²) in [7, 11) is 0. The summed E-state index contributed by atoms with van der Waals surface area (Å²) in [4.78, 5) is 0. The Kier molecular flexibility index (Phi) is 11.5. The van der Waals surface area contributed by atoms with Gasteiger partial charge in [0.2, 0.25) is 0 Å². The van der Waals surface area contributed by atoms with Crippen LogP contribution in [0.5, 0.6) is 0 Å². The van der Waals surface area contributed by atoms with Crippen molar-refractivity contribution >= 4 is 5.57 Å². The highest BCUT2D eigenvalue weighted by Crippen LogP contribution is 2.46. The number of fused-ring (bicyclic) bond motifs is 1. The van der Waals surface area contributed by atoms with E-state index in [0.717, 1.165) is 12.3 Å². The summed E-state index contributed by atoms with van der Waals surface area (Å²) in [5, 5.41) is 0. The third-order valence-electron chi connectivity index (χ3n) is 9.89. The molecule has 1 atom stereocenters. The van der Waals surface area contributed by atoms with Crippen LogP contribution in [0.4, 0.5) is 0 Å². The van der Waals surface area contributed by atoms with E-state index in [1.807, 2.05) is 0 Å². The number of hydrogen-bond acceptors (Lipinski definition) is 0. The monoisotopic (exact) mass is 504 g/mol. The standard InChI is InChI=1S/C27H40.C10H20/c1-19(21(3)22-11-9-8-10-12-22)17-20(2)23-13-14-24-25(18-23)27(6,7)16-15-26(24,4)5;1-5-8-9-10(4,6-2)7-3/h13-14,17-19,22H,3,8-12,15-16H2,1-2,4-7H3;8-9H,5-7H2,1-4H3/b20-17+;9-8+. The van der Waals surface area contributed by atoms with Crippen molar-refractivity contribution in [3.8, 4) is 0 Å². The molecule has 3 rings (SSSR count). The summed E-state index contributed by atoms with van der Waals surface area (Å²) in [5.41, 5.74) is 8.38. The van der Waals surface area contributed by atoms with E-state index >= 15 is 0 Å². The molecular formula is C37H60. The molecule has 0 spiro atoms. The molecule has 2 aliphatic carbocycles. The normalized spacial score (nSPS) is 20.6. The third-order valence-corrected chi connectivity index (χ3v) is 9.89. The first-order valence-corrected chi connectivity index (χ1v) is 15.5. The van der Waals surface area contributed by atoms with Crippen LogP contribution >= 0.6 is 0 Å². The zero-order valence-corrected chi connectivity index (χ0v) is 26.4. The van der Waals surface area contributed by atoms with Crippen LogP contribution in [0.3, 0.4) is 0 Å². The maximum atomic E-state index is 4.49. The summed E-state index contributed by atoms with van der Waals surface area (Å²) in [5.74, 6) is 1.20. The SMILES string of the molecule is C=C(C(C)/C=C(\C)c1ccc2c(c1)C(C)(C)CCC2(C)C)C1CCCCC1.CC/C=C/C(C)(CC)CC. The Bertz CT molecular complexity index is 925. The molecule has 0 heteroatoms. The van der Waals surface area contributed by atoms with Crippen LogP contribution in [0, 0.1) is 17.3 Å². The number of hydrogen-bond donors (Lipinski definition) is 0. The minimum Gasteiger partial charge on any atom is -0.0990 e. The summed E-state index contributed by atoms with van der Waals surface area (Å²) >= 11 is 0. The van der Waals surface area contributed by atoms with Crippen molar-refractivity contribution in [2.75, 3.05) is 0 Å². The Balaban J connectivity index is 0.000000410. The molecule has 1 aromatic rings. The first-order chi connectivity index (χ1) is 17.3. The van der Waals surface area contributed by atoms with Gasteiger partial charge in [-0.3, -0.25) is 0 Å². The number of rotatable bonds is 8. The lowest BCUT2D eigenvalue weighted by Crippen LogP contribution is -2.33. The first-order valence-electron chi connectivity index (χ1n) is 15.5. The largest absolute Gasteiger partial charge is 0.0990 e. The highest BCUT2D eigenvalue weighted by atomic mass is 14.4. The lowest BCUT2D eigenvalue weighted by Gasteiger charge is -2.42. The van der Waals surface area contributed by atoms with Gasteiger partial charge in [-0.25, -0.2) is 0 Å². The van der Waals surface area contributed by atoms with Gasteiger partial charge in [0.1, 0.15) is 0 Å². The van der Waals surface area contributed by atoms with Gasteiger partial charge in [0.05, 0.1) is 0 Å². The first kappa shape index (κ1) is 31.7. The molecule has 1 unspecified atom stereocenters. The van der Waals surface area contributed by atoms with E-state index in [0.29, 0.717) is 16.7 Å². The van der Waals surface area contributed by atoms with Gasteiger partial charge in [-0.15, -0.1) is 0 Å². The van der Waals surface area contributed by atoms with Gasteiger partial charge in [-0.05, 0) is 102 Å². The minimum absolute atomic E-state index is 0.276. The van der Waals surface area contributed by atoms with Gasteiger partial charge in [-0.2, -0.15) is 0 Å². The molecule has 0 saturated heterocycles. The molecule has 0 radical (unpaired) electrons. The average molecular weight is 505 g/mol. The van der Waals surface area contributed by atoms with E-state index in [-0.39, 0.29) is 5.41 Å². The zero-order chi connectivity index (χ0) is 27.9. The van der Waals surface area contributed by atoms with Gasteiger partial charge in [0.15, 0.2) is 0 Å². The van der Waals surface area contributed by atoms with E-state index in [9.17, 15) is 0 Å². The molecule has 1 fully saturated rings. The van der Waals surface area contributed by atoms with E-state index in [4.69, 9.17) is 0 Å². The predicted octanol–water partition coefficient (Wildman–Crippen LogP) is 12.0. The van der Waals surface area contributed by atoms with Crippen molar-refractivity contribution in [3.63, 3.8) is 0 Å². The summed E-state index contributed by atoms with van der Waals surface area (Å²) in [6, 6.07) is 7.24. The molecule has 2 aliphatic rings. The molecule has 37 heavy (non-hydrogen) atoms. The van der Waals surface area contributed by atoms with Gasteiger partial charge in [0.25, 0.3) is 0 Å². The van der Waals surface area contributed by atoms with Crippen molar-refractivity contribution < 1.29 is 0 Å². The Labute approximate surface area is 232 Å². The summed E-state index contributed by atoms with van der Waals surface area (Å²) in [6.07, 6.45) is 20.2.